The van der Waals surface area contributed by atoms with Crippen molar-refractivity contribution in [2.75, 3.05) is 19.6 Å². The van der Waals surface area contributed by atoms with Crippen LogP contribution in [0.2, 0.25) is 0 Å². The standard InChI is InChI=1S/C13H24N2O4S/c1-11-4-2-7-15(9-11)20(18,19)14-10-13(5-3-6-13)8-12(16)17/h11,14H,2-10H2,1H3,(H,16,17). The molecule has 0 spiro atoms. The number of aliphatic carboxylic acids is 1. The van der Waals surface area contributed by atoms with E-state index in [0.717, 1.165) is 32.1 Å². The van der Waals surface area contributed by atoms with Crippen molar-refractivity contribution in [3.8, 4) is 0 Å². The van der Waals surface area contributed by atoms with Gasteiger partial charge in [-0.15, -0.1) is 0 Å². The van der Waals surface area contributed by atoms with E-state index >= 15 is 0 Å². The van der Waals surface area contributed by atoms with E-state index in [2.05, 4.69) is 11.6 Å². The number of carbonyl (C=O) groups is 1. The van der Waals surface area contributed by atoms with Crippen LogP contribution in [-0.2, 0) is 15.0 Å². The summed E-state index contributed by atoms with van der Waals surface area (Å²) in [5.41, 5.74) is -0.375. The molecule has 7 heteroatoms. The van der Waals surface area contributed by atoms with Crippen molar-refractivity contribution in [3.05, 3.63) is 0 Å². The van der Waals surface area contributed by atoms with Gasteiger partial charge in [-0.1, -0.05) is 13.3 Å². The Hall–Kier alpha value is -0.660. The molecule has 0 aromatic carbocycles. The summed E-state index contributed by atoms with van der Waals surface area (Å²) in [6.07, 6.45) is 4.56. The lowest BCUT2D eigenvalue weighted by atomic mass is 9.67. The summed E-state index contributed by atoms with van der Waals surface area (Å²) in [6, 6.07) is 0. The van der Waals surface area contributed by atoms with Crippen molar-refractivity contribution in [2.24, 2.45) is 11.3 Å². The SMILES string of the molecule is CC1CCCN(S(=O)(=O)NCC2(CC(=O)O)CCC2)C1. The Morgan fingerprint density at radius 3 is 2.60 bits per heavy atom. The van der Waals surface area contributed by atoms with Crippen molar-refractivity contribution < 1.29 is 18.3 Å². The number of nitrogens with zero attached hydrogens (tertiary/aromatic N) is 1. The van der Waals surface area contributed by atoms with E-state index < -0.39 is 16.2 Å². The molecule has 1 atom stereocenters. The summed E-state index contributed by atoms with van der Waals surface area (Å²) < 4.78 is 28.7. The first-order valence-electron chi connectivity index (χ1n) is 7.30. The highest BCUT2D eigenvalue weighted by molar-refractivity contribution is 7.87. The molecule has 1 aliphatic carbocycles. The van der Waals surface area contributed by atoms with Crippen LogP contribution in [0.3, 0.4) is 0 Å². The molecule has 2 rings (SSSR count). The number of rotatable bonds is 6. The topological polar surface area (TPSA) is 86.7 Å². The van der Waals surface area contributed by atoms with E-state index in [1.54, 1.807) is 0 Å². The molecule has 20 heavy (non-hydrogen) atoms. The molecule has 0 radical (unpaired) electrons. The van der Waals surface area contributed by atoms with Gasteiger partial charge in [0.05, 0.1) is 6.42 Å². The van der Waals surface area contributed by atoms with Gasteiger partial charge in [0.15, 0.2) is 0 Å². The zero-order valence-corrected chi connectivity index (χ0v) is 12.8. The van der Waals surface area contributed by atoms with E-state index in [0.29, 0.717) is 19.0 Å². The number of hydrogen-bond acceptors (Lipinski definition) is 3. The lowest BCUT2D eigenvalue weighted by Gasteiger charge is -2.41. The molecule has 2 aliphatic rings. The Morgan fingerprint density at radius 1 is 1.40 bits per heavy atom. The van der Waals surface area contributed by atoms with E-state index in [4.69, 9.17) is 5.11 Å². The van der Waals surface area contributed by atoms with Gasteiger partial charge in [-0.05, 0) is 37.0 Å². The normalized spacial score (nSPS) is 26.9. The molecule has 0 aromatic rings. The third kappa shape index (κ3) is 3.71. The molecule has 0 aromatic heterocycles. The largest absolute Gasteiger partial charge is 0.481 e. The van der Waals surface area contributed by atoms with Crippen LogP contribution in [0.15, 0.2) is 0 Å². The molecule has 1 saturated carbocycles. The first-order valence-corrected chi connectivity index (χ1v) is 8.74. The van der Waals surface area contributed by atoms with Gasteiger partial charge in [0.1, 0.15) is 0 Å². The number of carboxylic acids is 1. The molecule has 1 saturated heterocycles. The van der Waals surface area contributed by atoms with Gasteiger partial charge in [-0.25, -0.2) is 4.72 Å². The summed E-state index contributed by atoms with van der Waals surface area (Å²) in [5.74, 6) is -0.465. The Kier molecular flexibility index (Phi) is 4.71. The number of carboxylic acid groups (broad SMARTS) is 1. The van der Waals surface area contributed by atoms with Gasteiger partial charge >= 0.3 is 5.97 Å². The Balaban J connectivity index is 1.93. The number of hydrogen-bond donors (Lipinski definition) is 2. The van der Waals surface area contributed by atoms with E-state index in [-0.39, 0.29) is 18.4 Å². The molecule has 2 N–H and O–H groups in total. The van der Waals surface area contributed by atoms with Crippen LogP contribution in [0, 0.1) is 11.3 Å². The summed E-state index contributed by atoms with van der Waals surface area (Å²) in [6.45, 7) is 3.42. The van der Waals surface area contributed by atoms with Gasteiger partial charge in [0, 0.05) is 19.6 Å². The average molecular weight is 304 g/mol. The van der Waals surface area contributed by atoms with Crippen LogP contribution in [0.4, 0.5) is 0 Å². The first-order chi connectivity index (χ1) is 9.33. The molecular formula is C13H24N2O4S. The minimum Gasteiger partial charge on any atom is -0.481 e. The maximum Gasteiger partial charge on any atom is 0.303 e. The fourth-order valence-electron chi connectivity index (χ4n) is 3.11. The second-order valence-electron chi connectivity index (χ2n) is 6.36. The predicted molar refractivity (Wildman–Crippen MR) is 75.4 cm³/mol. The average Bonchev–Trinajstić information content (AvgIpc) is 2.32. The molecule has 1 unspecified atom stereocenters. The predicted octanol–water partition coefficient (Wildman–Crippen LogP) is 1.20. The van der Waals surface area contributed by atoms with Crippen molar-refractivity contribution in [1.29, 1.82) is 0 Å². The van der Waals surface area contributed by atoms with Gasteiger partial charge < -0.3 is 5.11 Å². The fraction of sp³-hybridized carbons (Fsp3) is 0.923. The second-order valence-corrected chi connectivity index (χ2v) is 8.11. The van der Waals surface area contributed by atoms with E-state index in [1.165, 1.54) is 4.31 Å². The third-order valence-corrected chi connectivity index (χ3v) is 6.05. The van der Waals surface area contributed by atoms with Crippen molar-refractivity contribution in [1.82, 2.24) is 9.03 Å². The Morgan fingerprint density at radius 2 is 2.10 bits per heavy atom. The van der Waals surface area contributed by atoms with Gasteiger partial charge in [0.25, 0.3) is 10.2 Å². The van der Waals surface area contributed by atoms with Gasteiger partial charge in [-0.2, -0.15) is 12.7 Å². The van der Waals surface area contributed by atoms with Crippen molar-refractivity contribution in [2.45, 2.75) is 45.4 Å². The Labute approximate surface area is 120 Å². The molecule has 1 aliphatic heterocycles. The molecular weight excluding hydrogens is 280 g/mol. The quantitative estimate of drug-likeness (QED) is 0.772. The third-order valence-electron chi connectivity index (χ3n) is 4.53. The number of nitrogens with one attached hydrogen (secondary N) is 1. The molecule has 1 heterocycles. The van der Waals surface area contributed by atoms with Crippen LogP contribution in [0.25, 0.3) is 0 Å². The minimum atomic E-state index is -3.47. The van der Waals surface area contributed by atoms with E-state index in [1.807, 2.05) is 0 Å². The Bertz CT molecular complexity index is 459. The fourth-order valence-corrected chi connectivity index (χ4v) is 4.61. The van der Waals surface area contributed by atoms with Gasteiger partial charge in [0.2, 0.25) is 0 Å². The molecule has 2 fully saturated rings. The van der Waals surface area contributed by atoms with Crippen LogP contribution < -0.4 is 4.72 Å². The maximum absolute atomic E-state index is 12.3. The zero-order valence-electron chi connectivity index (χ0n) is 12.0. The zero-order chi connectivity index (χ0) is 14.8. The summed E-state index contributed by atoms with van der Waals surface area (Å²) >= 11 is 0. The maximum atomic E-state index is 12.3. The van der Waals surface area contributed by atoms with Crippen molar-refractivity contribution in [3.63, 3.8) is 0 Å². The summed E-state index contributed by atoms with van der Waals surface area (Å²) in [4.78, 5) is 10.9. The summed E-state index contributed by atoms with van der Waals surface area (Å²) in [5, 5.41) is 8.94. The lowest BCUT2D eigenvalue weighted by molar-refractivity contribution is -0.141. The summed E-state index contributed by atoms with van der Waals surface area (Å²) in [7, 11) is -3.47. The van der Waals surface area contributed by atoms with Crippen LogP contribution in [0.1, 0.15) is 45.4 Å². The highest BCUT2D eigenvalue weighted by Crippen LogP contribution is 2.43. The lowest BCUT2D eigenvalue weighted by Crippen LogP contribution is -2.50. The highest BCUT2D eigenvalue weighted by Gasteiger charge is 2.40. The van der Waals surface area contributed by atoms with Crippen molar-refractivity contribution >= 4 is 16.2 Å². The number of piperidine rings is 1. The molecule has 116 valence electrons. The highest BCUT2D eigenvalue weighted by atomic mass is 32.2. The molecule has 0 amide bonds. The van der Waals surface area contributed by atoms with Crippen LogP contribution >= 0.6 is 0 Å². The van der Waals surface area contributed by atoms with E-state index in [9.17, 15) is 13.2 Å². The first kappa shape index (κ1) is 15.7. The second kappa shape index (κ2) is 5.99. The van der Waals surface area contributed by atoms with Crippen LogP contribution in [0.5, 0.6) is 0 Å². The monoisotopic (exact) mass is 304 g/mol. The smallest absolute Gasteiger partial charge is 0.303 e. The molecule has 6 nitrogen and oxygen atoms in total. The van der Waals surface area contributed by atoms with Gasteiger partial charge in [-0.3, -0.25) is 4.79 Å². The minimum absolute atomic E-state index is 0.0475. The van der Waals surface area contributed by atoms with Crippen LogP contribution in [-0.4, -0.2) is 43.4 Å². The molecule has 0 bridgehead atoms.